The van der Waals surface area contributed by atoms with Gasteiger partial charge >= 0.3 is 5.97 Å². The maximum absolute atomic E-state index is 13.5. The van der Waals surface area contributed by atoms with Gasteiger partial charge in [-0.05, 0) is 31.0 Å². The summed E-state index contributed by atoms with van der Waals surface area (Å²) in [5, 5.41) is 11.3. The zero-order valence-corrected chi connectivity index (χ0v) is 10.4. The first kappa shape index (κ1) is 14.2. The molecule has 2 N–H and O–H groups in total. The summed E-state index contributed by atoms with van der Waals surface area (Å²) >= 11 is 0. The van der Waals surface area contributed by atoms with Crippen LogP contribution in [-0.4, -0.2) is 23.5 Å². The van der Waals surface area contributed by atoms with Crippen LogP contribution < -0.4 is 5.32 Å². The maximum Gasteiger partial charge on any atom is 0.308 e. The molecule has 18 heavy (non-hydrogen) atoms. The number of carbonyl (C=O) groups excluding carboxylic acids is 1. The molecular weight excluding hydrogens is 237 g/mol. The van der Waals surface area contributed by atoms with Gasteiger partial charge in [-0.2, -0.15) is 0 Å². The summed E-state index contributed by atoms with van der Waals surface area (Å²) in [6.45, 7) is 3.44. The van der Waals surface area contributed by atoms with Crippen molar-refractivity contribution in [3.8, 4) is 0 Å². The minimum Gasteiger partial charge on any atom is -0.481 e. The maximum atomic E-state index is 13.5. The van der Waals surface area contributed by atoms with Crippen molar-refractivity contribution in [2.75, 3.05) is 6.54 Å². The molecule has 0 aliphatic rings. The Morgan fingerprint density at radius 1 is 1.44 bits per heavy atom. The molecule has 0 bridgehead atoms. The number of hydrogen-bond acceptors (Lipinski definition) is 2. The lowest BCUT2D eigenvalue weighted by Gasteiger charge is -2.11. The van der Waals surface area contributed by atoms with Crippen LogP contribution in [0.2, 0.25) is 0 Å². The van der Waals surface area contributed by atoms with E-state index in [4.69, 9.17) is 5.11 Å². The number of rotatable bonds is 5. The fourth-order valence-electron chi connectivity index (χ4n) is 1.52. The van der Waals surface area contributed by atoms with E-state index in [9.17, 15) is 14.0 Å². The number of aliphatic carboxylic acids is 1. The summed E-state index contributed by atoms with van der Waals surface area (Å²) in [5.74, 6) is -2.81. The molecule has 0 aliphatic carbocycles. The van der Waals surface area contributed by atoms with Crippen LogP contribution in [0.3, 0.4) is 0 Å². The number of carboxylic acid groups (broad SMARTS) is 1. The van der Waals surface area contributed by atoms with E-state index in [0.29, 0.717) is 6.42 Å². The predicted octanol–water partition coefficient (Wildman–Crippen LogP) is 1.97. The second kappa shape index (κ2) is 6.14. The molecule has 0 saturated heterocycles. The van der Waals surface area contributed by atoms with Gasteiger partial charge in [-0.25, -0.2) is 4.39 Å². The largest absolute Gasteiger partial charge is 0.481 e. The van der Waals surface area contributed by atoms with Crippen molar-refractivity contribution in [3.05, 3.63) is 35.1 Å². The average Bonchev–Trinajstić information content (AvgIpc) is 2.28. The van der Waals surface area contributed by atoms with E-state index in [-0.39, 0.29) is 12.1 Å². The van der Waals surface area contributed by atoms with Crippen LogP contribution in [0, 0.1) is 18.7 Å². The predicted molar refractivity (Wildman–Crippen MR) is 64.9 cm³/mol. The van der Waals surface area contributed by atoms with Gasteiger partial charge in [0.1, 0.15) is 5.82 Å². The number of hydrogen-bond donors (Lipinski definition) is 2. The lowest BCUT2D eigenvalue weighted by atomic mass is 10.1. The number of carboxylic acids is 1. The first-order chi connectivity index (χ1) is 8.45. The molecule has 1 atom stereocenters. The zero-order valence-electron chi connectivity index (χ0n) is 10.4. The Labute approximate surface area is 105 Å². The smallest absolute Gasteiger partial charge is 0.308 e. The van der Waals surface area contributed by atoms with Crippen molar-refractivity contribution in [1.29, 1.82) is 0 Å². The average molecular weight is 253 g/mol. The molecule has 0 radical (unpaired) electrons. The first-order valence-corrected chi connectivity index (χ1v) is 5.72. The van der Waals surface area contributed by atoms with Gasteiger partial charge in [0, 0.05) is 6.54 Å². The third-order valence-electron chi connectivity index (χ3n) is 2.72. The van der Waals surface area contributed by atoms with Crippen LogP contribution in [0.25, 0.3) is 0 Å². The number of amides is 1. The molecule has 1 aromatic rings. The third kappa shape index (κ3) is 3.55. The number of aryl methyl sites for hydroxylation is 1. The Bertz CT molecular complexity index is 460. The highest BCUT2D eigenvalue weighted by molar-refractivity contribution is 5.94. The SMILES string of the molecule is CCC(CNC(=O)c1ccc(C)cc1F)C(=O)O. The first-order valence-electron chi connectivity index (χ1n) is 5.72. The van der Waals surface area contributed by atoms with Crippen LogP contribution >= 0.6 is 0 Å². The quantitative estimate of drug-likeness (QED) is 0.843. The van der Waals surface area contributed by atoms with Gasteiger partial charge in [-0.1, -0.05) is 13.0 Å². The lowest BCUT2D eigenvalue weighted by molar-refractivity contribution is -0.141. The minimum absolute atomic E-state index is 0.00200. The molecule has 1 amide bonds. The van der Waals surface area contributed by atoms with Crippen molar-refractivity contribution in [1.82, 2.24) is 5.32 Å². The molecule has 1 unspecified atom stereocenters. The van der Waals surface area contributed by atoms with E-state index in [1.807, 2.05) is 0 Å². The fourth-order valence-corrected chi connectivity index (χ4v) is 1.52. The van der Waals surface area contributed by atoms with Gasteiger partial charge in [0.25, 0.3) is 5.91 Å². The number of halogens is 1. The van der Waals surface area contributed by atoms with Crippen LogP contribution in [0.5, 0.6) is 0 Å². The second-order valence-electron chi connectivity index (χ2n) is 4.14. The molecule has 1 aromatic carbocycles. The van der Waals surface area contributed by atoms with E-state index < -0.39 is 23.6 Å². The molecule has 0 fully saturated rings. The monoisotopic (exact) mass is 253 g/mol. The van der Waals surface area contributed by atoms with Crippen LogP contribution in [0.1, 0.15) is 29.3 Å². The van der Waals surface area contributed by atoms with Crippen LogP contribution in [0.15, 0.2) is 18.2 Å². The third-order valence-corrected chi connectivity index (χ3v) is 2.72. The fraction of sp³-hybridized carbons (Fsp3) is 0.385. The normalized spacial score (nSPS) is 11.9. The molecule has 5 heteroatoms. The molecule has 0 heterocycles. The second-order valence-corrected chi connectivity index (χ2v) is 4.14. The van der Waals surface area contributed by atoms with E-state index in [0.717, 1.165) is 5.56 Å². The van der Waals surface area contributed by atoms with Crippen molar-refractivity contribution in [3.63, 3.8) is 0 Å². The molecule has 0 aromatic heterocycles. The van der Waals surface area contributed by atoms with Crippen LogP contribution in [0.4, 0.5) is 4.39 Å². The molecule has 0 spiro atoms. The van der Waals surface area contributed by atoms with Crippen molar-refractivity contribution >= 4 is 11.9 Å². The van der Waals surface area contributed by atoms with Crippen molar-refractivity contribution in [2.24, 2.45) is 5.92 Å². The van der Waals surface area contributed by atoms with Crippen LogP contribution in [-0.2, 0) is 4.79 Å². The summed E-state index contributed by atoms with van der Waals surface area (Å²) in [6.07, 6.45) is 0.409. The highest BCUT2D eigenvalue weighted by Crippen LogP contribution is 2.10. The minimum atomic E-state index is -0.970. The summed E-state index contributed by atoms with van der Waals surface area (Å²) in [4.78, 5) is 22.4. The molecule has 98 valence electrons. The van der Waals surface area contributed by atoms with Gasteiger partial charge in [0.15, 0.2) is 0 Å². The molecule has 0 aliphatic heterocycles. The Hall–Kier alpha value is -1.91. The van der Waals surface area contributed by atoms with E-state index in [1.165, 1.54) is 12.1 Å². The van der Waals surface area contributed by atoms with Crippen molar-refractivity contribution < 1.29 is 19.1 Å². The summed E-state index contributed by atoms with van der Waals surface area (Å²) in [7, 11) is 0. The van der Waals surface area contributed by atoms with Crippen molar-refractivity contribution in [2.45, 2.75) is 20.3 Å². The Kier molecular flexibility index (Phi) is 4.83. The lowest BCUT2D eigenvalue weighted by Crippen LogP contribution is -2.33. The van der Waals surface area contributed by atoms with Gasteiger partial charge in [0.2, 0.25) is 0 Å². The molecule has 1 rings (SSSR count). The Morgan fingerprint density at radius 3 is 2.61 bits per heavy atom. The zero-order chi connectivity index (χ0) is 13.7. The highest BCUT2D eigenvalue weighted by atomic mass is 19.1. The van der Waals surface area contributed by atoms with E-state index in [1.54, 1.807) is 19.9 Å². The Balaban J connectivity index is 2.68. The van der Waals surface area contributed by atoms with Gasteiger partial charge in [0.05, 0.1) is 11.5 Å². The molecular formula is C13H16FNO3. The van der Waals surface area contributed by atoms with E-state index >= 15 is 0 Å². The topological polar surface area (TPSA) is 66.4 Å². The highest BCUT2D eigenvalue weighted by Gasteiger charge is 2.17. The molecule has 4 nitrogen and oxygen atoms in total. The number of nitrogens with one attached hydrogen (secondary N) is 1. The standard InChI is InChI=1S/C13H16FNO3/c1-3-9(13(17)18)7-15-12(16)10-5-4-8(2)6-11(10)14/h4-6,9H,3,7H2,1-2H3,(H,15,16)(H,17,18). The number of benzene rings is 1. The van der Waals surface area contributed by atoms with Gasteiger partial charge < -0.3 is 10.4 Å². The Morgan fingerprint density at radius 2 is 2.11 bits per heavy atom. The van der Waals surface area contributed by atoms with Gasteiger partial charge in [-0.15, -0.1) is 0 Å². The molecule has 0 saturated carbocycles. The van der Waals surface area contributed by atoms with E-state index in [2.05, 4.69) is 5.32 Å². The summed E-state index contributed by atoms with van der Waals surface area (Å²) in [5.41, 5.74) is 0.655. The number of carbonyl (C=O) groups is 2. The summed E-state index contributed by atoms with van der Waals surface area (Å²) in [6, 6.07) is 4.29. The van der Waals surface area contributed by atoms with Gasteiger partial charge in [-0.3, -0.25) is 9.59 Å². The summed E-state index contributed by atoms with van der Waals surface area (Å²) < 4.78 is 13.5.